The molecule has 2 N–H and O–H groups in total. The van der Waals surface area contributed by atoms with Crippen molar-refractivity contribution in [1.29, 1.82) is 0 Å². The number of likely N-dealkylation sites (tertiary alicyclic amines) is 1. The van der Waals surface area contributed by atoms with Crippen LogP contribution < -0.4 is 5.32 Å². The minimum absolute atomic E-state index is 0.00189. The highest BCUT2D eigenvalue weighted by molar-refractivity contribution is 5.75. The van der Waals surface area contributed by atoms with Crippen molar-refractivity contribution in [2.24, 2.45) is 0 Å². The zero-order chi connectivity index (χ0) is 19.2. The number of benzene rings is 1. The lowest BCUT2D eigenvalue weighted by atomic mass is 10.0. The first-order chi connectivity index (χ1) is 13.0. The second-order valence-electron chi connectivity index (χ2n) is 7.59. The lowest BCUT2D eigenvalue weighted by molar-refractivity contribution is 0.130. The maximum absolute atomic E-state index is 13.1. The second-order valence-corrected chi connectivity index (χ2v) is 7.59. The van der Waals surface area contributed by atoms with E-state index in [0.717, 1.165) is 50.4 Å². The van der Waals surface area contributed by atoms with E-state index in [9.17, 15) is 4.79 Å². The Hall–Kier alpha value is -2.34. The number of nitrogens with one attached hydrogen (secondary N) is 2. The molecule has 6 heteroatoms. The number of H-pyrrole nitrogens is 1. The molecule has 27 heavy (non-hydrogen) atoms. The normalized spacial score (nSPS) is 16.9. The van der Waals surface area contributed by atoms with Gasteiger partial charge in [0.15, 0.2) is 0 Å². The molecule has 1 fully saturated rings. The Bertz CT molecular complexity index is 721. The van der Waals surface area contributed by atoms with Gasteiger partial charge in [-0.2, -0.15) is 0 Å². The summed E-state index contributed by atoms with van der Waals surface area (Å²) in [5.74, 6) is 0.798. The van der Waals surface area contributed by atoms with E-state index in [-0.39, 0.29) is 18.1 Å². The number of aryl methyl sites for hydroxylation is 1. The highest BCUT2D eigenvalue weighted by Crippen LogP contribution is 2.18. The molecule has 0 bridgehead atoms. The molecule has 1 atom stereocenters. The summed E-state index contributed by atoms with van der Waals surface area (Å²) in [5.41, 5.74) is 2.26. The maximum Gasteiger partial charge on any atom is 0.318 e. The number of nitrogens with zero attached hydrogens (tertiary/aromatic N) is 3. The van der Waals surface area contributed by atoms with Crippen LogP contribution in [0.3, 0.4) is 0 Å². The average Bonchev–Trinajstić information content (AvgIpc) is 3.11. The zero-order valence-corrected chi connectivity index (χ0v) is 16.6. The number of carbonyl (C=O) groups excluding carboxylic acids is 1. The van der Waals surface area contributed by atoms with Gasteiger partial charge >= 0.3 is 6.03 Å². The molecular weight excluding hydrogens is 338 g/mol. The third-order valence-corrected chi connectivity index (χ3v) is 5.35. The molecule has 1 aromatic heterocycles. The maximum atomic E-state index is 13.1. The Morgan fingerprint density at radius 3 is 2.67 bits per heavy atom. The van der Waals surface area contributed by atoms with Gasteiger partial charge < -0.3 is 20.1 Å². The third kappa shape index (κ3) is 5.32. The van der Waals surface area contributed by atoms with Crippen LogP contribution in [0.5, 0.6) is 0 Å². The fraction of sp³-hybridized carbons (Fsp3) is 0.524. The molecule has 0 radical (unpaired) electrons. The van der Waals surface area contributed by atoms with Crippen LogP contribution >= 0.6 is 0 Å². The van der Waals surface area contributed by atoms with E-state index >= 15 is 0 Å². The van der Waals surface area contributed by atoms with E-state index in [1.54, 1.807) is 6.20 Å². The van der Waals surface area contributed by atoms with Gasteiger partial charge in [-0.05, 0) is 58.8 Å². The molecule has 2 heterocycles. The Labute approximate surface area is 162 Å². The van der Waals surface area contributed by atoms with Crippen molar-refractivity contribution in [2.45, 2.75) is 45.2 Å². The summed E-state index contributed by atoms with van der Waals surface area (Å²) in [6.07, 6.45) is 4.71. The van der Waals surface area contributed by atoms with E-state index in [0.29, 0.717) is 0 Å². The quantitative estimate of drug-likeness (QED) is 0.822. The predicted molar refractivity (Wildman–Crippen MR) is 108 cm³/mol. The number of aromatic nitrogens is 2. The molecule has 1 aliphatic rings. The lowest BCUT2D eigenvalue weighted by Gasteiger charge is -2.37. The monoisotopic (exact) mass is 369 g/mol. The summed E-state index contributed by atoms with van der Waals surface area (Å²) < 4.78 is 0. The van der Waals surface area contributed by atoms with Crippen molar-refractivity contribution >= 4 is 6.03 Å². The van der Waals surface area contributed by atoms with E-state index < -0.39 is 0 Å². The summed E-state index contributed by atoms with van der Waals surface area (Å²) >= 11 is 0. The number of hydrogen-bond acceptors (Lipinski definition) is 3. The molecule has 1 aromatic carbocycles. The molecule has 146 valence electrons. The van der Waals surface area contributed by atoms with Crippen LogP contribution in [0.25, 0.3) is 0 Å². The van der Waals surface area contributed by atoms with E-state index in [1.165, 1.54) is 5.56 Å². The summed E-state index contributed by atoms with van der Waals surface area (Å²) in [6, 6.07) is 10.5. The second kappa shape index (κ2) is 9.04. The number of amides is 2. The van der Waals surface area contributed by atoms with Crippen molar-refractivity contribution in [3.63, 3.8) is 0 Å². The van der Waals surface area contributed by atoms with Crippen molar-refractivity contribution < 1.29 is 4.79 Å². The first-order valence-corrected chi connectivity index (χ1v) is 9.84. The highest BCUT2D eigenvalue weighted by atomic mass is 16.2. The molecule has 0 saturated carbocycles. The molecule has 1 aliphatic heterocycles. The summed E-state index contributed by atoms with van der Waals surface area (Å²) in [6.45, 7) is 6.74. The van der Waals surface area contributed by atoms with Crippen LogP contribution in [0.1, 0.15) is 42.9 Å². The first-order valence-electron chi connectivity index (χ1n) is 9.84. The van der Waals surface area contributed by atoms with Gasteiger partial charge in [-0.15, -0.1) is 0 Å². The number of carbonyl (C=O) groups is 1. The largest absolute Gasteiger partial charge is 0.344 e. The highest BCUT2D eigenvalue weighted by Gasteiger charge is 2.28. The van der Waals surface area contributed by atoms with Gasteiger partial charge in [0.1, 0.15) is 5.82 Å². The van der Waals surface area contributed by atoms with Gasteiger partial charge in [0.2, 0.25) is 0 Å². The van der Waals surface area contributed by atoms with Crippen LogP contribution in [0.4, 0.5) is 4.79 Å². The molecule has 2 amide bonds. The summed E-state index contributed by atoms with van der Waals surface area (Å²) in [7, 11) is 2.14. The molecule has 6 nitrogen and oxygen atoms in total. The first kappa shape index (κ1) is 19.4. The van der Waals surface area contributed by atoms with E-state index in [2.05, 4.69) is 51.5 Å². The Morgan fingerprint density at radius 1 is 1.33 bits per heavy atom. The number of hydrogen-bond donors (Lipinski definition) is 2. The predicted octanol–water partition coefficient (Wildman–Crippen LogP) is 3.13. The smallest absolute Gasteiger partial charge is 0.318 e. The molecule has 1 saturated heterocycles. The van der Waals surface area contributed by atoms with Crippen molar-refractivity contribution in [3.05, 3.63) is 53.6 Å². The average molecular weight is 370 g/mol. The number of piperidine rings is 1. The van der Waals surface area contributed by atoms with E-state index in [1.807, 2.05) is 24.8 Å². The molecule has 0 spiro atoms. The number of imidazole rings is 1. The van der Waals surface area contributed by atoms with Crippen LogP contribution in [-0.4, -0.2) is 58.5 Å². The van der Waals surface area contributed by atoms with E-state index in [4.69, 9.17) is 0 Å². The van der Waals surface area contributed by atoms with Gasteiger partial charge in [-0.3, -0.25) is 0 Å². The standard InChI is InChI=1S/C21H31N5O/c1-16-15-22-20(23-16)17(2)24-21(27)26(19-10-12-25(3)13-11-19)14-9-18-7-5-4-6-8-18/h4-8,15,17,19H,9-14H2,1-3H3,(H,22,23)(H,24,27)/t17-/m0/s1. The van der Waals surface area contributed by atoms with Gasteiger partial charge in [-0.25, -0.2) is 9.78 Å². The molecule has 0 unspecified atom stereocenters. The topological polar surface area (TPSA) is 64.3 Å². The van der Waals surface area contributed by atoms with Gasteiger partial charge in [0, 0.05) is 24.5 Å². The lowest BCUT2D eigenvalue weighted by Crippen LogP contribution is -2.51. The Morgan fingerprint density at radius 2 is 2.04 bits per heavy atom. The van der Waals surface area contributed by atoms with Crippen LogP contribution in [0, 0.1) is 6.92 Å². The van der Waals surface area contributed by atoms with Gasteiger partial charge in [0.05, 0.1) is 6.04 Å². The molecular formula is C21H31N5O. The van der Waals surface area contributed by atoms with Crippen molar-refractivity contribution in [1.82, 2.24) is 25.1 Å². The molecule has 0 aliphatic carbocycles. The van der Waals surface area contributed by atoms with Gasteiger partial charge in [0.25, 0.3) is 0 Å². The summed E-state index contributed by atoms with van der Waals surface area (Å²) in [4.78, 5) is 25.0. The number of urea groups is 1. The van der Waals surface area contributed by atoms with Crippen LogP contribution in [-0.2, 0) is 6.42 Å². The minimum Gasteiger partial charge on any atom is -0.344 e. The fourth-order valence-corrected chi connectivity index (χ4v) is 3.64. The van der Waals surface area contributed by atoms with Crippen LogP contribution in [0.2, 0.25) is 0 Å². The van der Waals surface area contributed by atoms with Crippen molar-refractivity contribution in [2.75, 3.05) is 26.7 Å². The van der Waals surface area contributed by atoms with Crippen LogP contribution in [0.15, 0.2) is 36.5 Å². The molecule has 3 rings (SSSR count). The Kier molecular flexibility index (Phi) is 6.50. The molecule has 2 aromatic rings. The zero-order valence-electron chi connectivity index (χ0n) is 16.6. The number of aromatic amines is 1. The Balaban J connectivity index is 1.66. The fourth-order valence-electron chi connectivity index (χ4n) is 3.64. The van der Waals surface area contributed by atoms with Crippen molar-refractivity contribution in [3.8, 4) is 0 Å². The SMILES string of the molecule is Cc1cnc([C@H](C)NC(=O)N(CCc2ccccc2)C2CCN(C)CC2)[nH]1. The summed E-state index contributed by atoms with van der Waals surface area (Å²) in [5, 5.41) is 3.13. The third-order valence-electron chi connectivity index (χ3n) is 5.35. The minimum atomic E-state index is -0.142. The van der Waals surface area contributed by atoms with Gasteiger partial charge in [-0.1, -0.05) is 30.3 Å². The number of rotatable bonds is 6.